The molecular weight excluding hydrogens is 893 g/mol. The Morgan fingerprint density at radius 1 is 0.361 bits per heavy atom. The molecule has 0 radical (unpaired) electrons. The number of fused-ring (bicyclic) bond motifs is 9. The maximum absolute atomic E-state index is 12.7. The molecule has 10 bridgehead atoms. The van der Waals surface area contributed by atoms with Crippen LogP contribution in [-0.4, -0.2) is 62.2 Å². The molecule has 0 saturated carbocycles. The van der Waals surface area contributed by atoms with E-state index in [1.54, 1.807) is 0 Å². The third kappa shape index (κ3) is 12.2. The maximum Gasteiger partial charge on any atom is 0.128 e. The minimum atomic E-state index is -0.227. The van der Waals surface area contributed by atoms with Crippen LogP contribution in [0.25, 0.3) is 0 Å². The average Bonchev–Trinajstić information content (AvgIpc) is 3.30. The number of aromatic hydroxyl groups is 2. The lowest BCUT2D eigenvalue weighted by molar-refractivity contribution is 0.214. The second kappa shape index (κ2) is 20.9. The number of para-hydroxylation sites is 2. The van der Waals surface area contributed by atoms with Gasteiger partial charge in [-0.3, -0.25) is 9.98 Å². The number of aliphatic imine (C=N–C) groups is 2. The van der Waals surface area contributed by atoms with Crippen LogP contribution in [0.15, 0.2) is 107 Å². The summed E-state index contributed by atoms with van der Waals surface area (Å²) >= 11 is 0. The molecule has 6 aromatic carbocycles. The van der Waals surface area contributed by atoms with Crippen molar-refractivity contribution in [2.45, 2.75) is 130 Å². The van der Waals surface area contributed by atoms with Crippen LogP contribution in [0.5, 0.6) is 34.5 Å². The maximum atomic E-state index is 12.7. The fourth-order valence-electron chi connectivity index (χ4n) is 9.49. The Labute approximate surface area is 429 Å². The zero-order chi connectivity index (χ0) is 51.6. The summed E-state index contributed by atoms with van der Waals surface area (Å²) in [7, 11) is 0. The van der Waals surface area contributed by atoms with Crippen molar-refractivity contribution >= 4 is 12.4 Å². The first-order chi connectivity index (χ1) is 34.0. The second-order valence-electron chi connectivity index (χ2n) is 23.8. The lowest BCUT2D eigenvalue weighted by Crippen LogP contribution is -2.18. The minimum absolute atomic E-state index is 0.222. The first-order valence-corrected chi connectivity index (χ1v) is 25.7. The van der Waals surface area contributed by atoms with Crippen molar-refractivity contribution in [3.63, 3.8) is 0 Å². The largest absolute Gasteiger partial charge is 0.507 e. The molecule has 3 aliphatic rings. The summed E-state index contributed by atoms with van der Waals surface area (Å²) in [6.45, 7) is 28.8. The molecule has 2 heterocycles. The van der Waals surface area contributed by atoms with Gasteiger partial charge in [-0.15, -0.1) is 0 Å². The lowest BCUT2D eigenvalue weighted by atomic mass is 9.79. The molecule has 378 valence electrons. The lowest BCUT2D eigenvalue weighted by Gasteiger charge is -2.28. The third-order valence-corrected chi connectivity index (χ3v) is 13.8. The second-order valence-corrected chi connectivity index (χ2v) is 23.8. The fourth-order valence-corrected chi connectivity index (χ4v) is 9.49. The summed E-state index contributed by atoms with van der Waals surface area (Å²) in [5, 5.41) is 25.5. The molecule has 2 aliphatic heterocycles. The normalized spacial score (nSPS) is 15.1. The Balaban J connectivity index is 1.39. The van der Waals surface area contributed by atoms with E-state index in [2.05, 4.69) is 132 Å². The Morgan fingerprint density at radius 2 is 0.625 bits per heavy atom. The van der Waals surface area contributed by atoms with Gasteiger partial charge in [0.2, 0.25) is 0 Å². The van der Waals surface area contributed by atoms with Crippen molar-refractivity contribution in [2.24, 2.45) is 9.98 Å². The molecule has 8 nitrogen and oxygen atoms in total. The van der Waals surface area contributed by atoms with Gasteiger partial charge in [-0.1, -0.05) is 156 Å². The summed E-state index contributed by atoms with van der Waals surface area (Å²) in [6.07, 6.45) is 5.33. The number of ether oxygens (including phenoxy) is 4. The summed E-state index contributed by atoms with van der Waals surface area (Å²) in [6, 6.07) is 33.5. The zero-order valence-electron chi connectivity index (χ0n) is 44.9. The van der Waals surface area contributed by atoms with E-state index in [0.717, 1.165) is 89.4 Å². The summed E-state index contributed by atoms with van der Waals surface area (Å²) in [4.78, 5) is 9.42. The quantitative estimate of drug-likeness (QED) is 0.157. The van der Waals surface area contributed by atoms with E-state index in [9.17, 15) is 10.2 Å². The predicted octanol–water partition coefficient (Wildman–Crippen LogP) is 13.7. The number of nitrogens with zero attached hydrogens (tertiary/aromatic N) is 2. The van der Waals surface area contributed by atoms with Crippen molar-refractivity contribution < 1.29 is 29.2 Å². The molecule has 0 atom stereocenters. The highest BCUT2D eigenvalue weighted by Crippen LogP contribution is 2.44. The molecule has 72 heavy (non-hydrogen) atoms. The topological polar surface area (TPSA) is 102 Å². The van der Waals surface area contributed by atoms with Gasteiger partial charge in [-0.2, -0.15) is 0 Å². The Hall–Kier alpha value is -6.54. The van der Waals surface area contributed by atoms with Crippen molar-refractivity contribution in [3.8, 4) is 34.5 Å². The van der Waals surface area contributed by atoms with E-state index in [1.165, 1.54) is 0 Å². The van der Waals surface area contributed by atoms with Crippen molar-refractivity contribution in [1.82, 2.24) is 0 Å². The first-order valence-electron chi connectivity index (χ1n) is 25.7. The predicted molar refractivity (Wildman–Crippen MR) is 295 cm³/mol. The summed E-state index contributed by atoms with van der Waals surface area (Å²) in [5.74, 6) is 3.40. The van der Waals surface area contributed by atoms with Gasteiger partial charge in [0.25, 0.3) is 0 Å². The Bertz CT molecular complexity index is 2690. The van der Waals surface area contributed by atoms with Crippen LogP contribution in [0.4, 0.5) is 0 Å². The van der Waals surface area contributed by atoms with Gasteiger partial charge >= 0.3 is 0 Å². The molecule has 8 heteroatoms. The van der Waals surface area contributed by atoms with E-state index in [0.29, 0.717) is 50.3 Å². The molecular formula is C64H76N2O6. The van der Waals surface area contributed by atoms with Crippen LogP contribution in [0, 0.1) is 0 Å². The SMILES string of the molecule is CC(C)(C)c1cc2c(O)c(c1)Cc1cc(C(C)(C)C)cc3c1OCCOc1ccccc1C=NCCN=Cc1ccccc1OCCOc1c(cc(C(C)(C)C)cc1Cc1cc(C(C)(C)C)cc(c1O)C3)C2. The molecule has 0 aromatic heterocycles. The average molecular weight is 969 g/mol. The van der Waals surface area contributed by atoms with Gasteiger partial charge in [0.05, 0.1) is 13.1 Å². The van der Waals surface area contributed by atoms with Crippen molar-refractivity contribution in [2.75, 3.05) is 39.5 Å². The zero-order valence-corrected chi connectivity index (χ0v) is 44.9. The third-order valence-electron chi connectivity index (χ3n) is 13.8. The standard InChI is InChI=1S/C64H76N2O6/c1-61(2,3)51-31-43-27-47-35-53(63(7,8)9)37-49-29-45-33-52(62(4,5)6)34-46(58(45)68)30-50-38-54(64(10,11)12)36-48(28-44(32-51)57(43)67)60(50)72-26-24-70-56-20-16-14-18-42(56)40-66-22-21-65-39-41-17-13-15-19-55(41)69-23-25-71-59(47)49/h13-20,31-40,67-68H,21-30H2,1-12H3. The van der Waals surface area contributed by atoms with Crippen molar-refractivity contribution in [3.05, 3.63) is 175 Å². The van der Waals surface area contributed by atoms with Gasteiger partial charge in [0.15, 0.2) is 0 Å². The monoisotopic (exact) mass is 969 g/mol. The number of hydrogen-bond donors (Lipinski definition) is 2. The number of rotatable bonds is 0. The van der Waals surface area contributed by atoms with E-state index in [4.69, 9.17) is 28.9 Å². The van der Waals surface area contributed by atoms with E-state index in [-0.39, 0.29) is 59.6 Å². The number of phenolic OH excluding ortho intramolecular Hbond substituents is 2. The molecule has 0 saturated heterocycles. The van der Waals surface area contributed by atoms with Crippen LogP contribution in [-0.2, 0) is 47.3 Å². The van der Waals surface area contributed by atoms with Crippen LogP contribution < -0.4 is 18.9 Å². The van der Waals surface area contributed by atoms with Crippen LogP contribution in [0.1, 0.15) is 161 Å². The number of benzene rings is 6. The smallest absolute Gasteiger partial charge is 0.128 e. The van der Waals surface area contributed by atoms with Gasteiger partial charge in [0.1, 0.15) is 60.9 Å². The summed E-state index contributed by atoms with van der Waals surface area (Å²) < 4.78 is 26.9. The number of phenols is 2. The van der Waals surface area contributed by atoms with Gasteiger partial charge in [-0.25, -0.2) is 0 Å². The Kier molecular flexibility index (Phi) is 15.0. The van der Waals surface area contributed by atoms with Gasteiger partial charge in [0, 0.05) is 49.2 Å². The van der Waals surface area contributed by atoms with Crippen LogP contribution in [0.2, 0.25) is 0 Å². The molecule has 0 amide bonds. The fraction of sp³-hybridized carbons (Fsp3) is 0.406. The Morgan fingerprint density at radius 3 is 0.917 bits per heavy atom. The van der Waals surface area contributed by atoms with Crippen LogP contribution in [0.3, 0.4) is 0 Å². The van der Waals surface area contributed by atoms with Crippen LogP contribution >= 0.6 is 0 Å². The van der Waals surface area contributed by atoms with E-state index in [1.807, 2.05) is 61.0 Å². The highest BCUT2D eigenvalue weighted by atomic mass is 16.5. The van der Waals surface area contributed by atoms with Gasteiger partial charge in [-0.05, 0) is 113 Å². The number of hydrogen-bond acceptors (Lipinski definition) is 8. The van der Waals surface area contributed by atoms with E-state index < -0.39 is 0 Å². The minimum Gasteiger partial charge on any atom is -0.507 e. The molecule has 9 rings (SSSR count). The van der Waals surface area contributed by atoms with E-state index >= 15 is 0 Å². The van der Waals surface area contributed by atoms with Gasteiger partial charge < -0.3 is 29.2 Å². The molecule has 2 N–H and O–H groups in total. The highest BCUT2D eigenvalue weighted by Gasteiger charge is 2.29. The molecule has 0 spiro atoms. The molecule has 1 aliphatic carbocycles. The highest BCUT2D eigenvalue weighted by molar-refractivity contribution is 5.84. The molecule has 0 unspecified atom stereocenters. The van der Waals surface area contributed by atoms with Crippen molar-refractivity contribution in [1.29, 1.82) is 0 Å². The summed E-state index contributed by atoms with van der Waals surface area (Å²) in [5.41, 5.74) is 12.5. The first kappa shape index (κ1) is 51.8. The molecule has 6 aromatic rings. The molecule has 0 fully saturated rings.